The van der Waals surface area contributed by atoms with Gasteiger partial charge in [0, 0.05) is 19.6 Å². The molecule has 3 heterocycles. The fourth-order valence-electron chi connectivity index (χ4n) is 3.43. The maximum absolute atomic E-state index is 12.9. The summed E-state index contributed by atoms with van der Waals surface area (Å²) >= 11 is 7.37. The summed E-state index contributed by atoms with van der Waals surface area (Å²) in [6.07, 6.45) is 2.14. The largest absolute Gasteiger partial charge is 0.348 e. The van der Waals surface area contributed by atoms with Crippen LogP contribution in [0, 0.1) is 0 Å². The Morgan fingerprint density at radius 3 is 2.62 bits per heavy atom. The van der Waals surface area contributed by atoms with E-state index in [1.807, 2.05) is 0 Å². The molecule has 0 saturated carbocycles. The summed E-state index contributed by atoms with van der Waals surface area (Å²) in [6.45, 7) is 3.43. The van der Waals surface area contributed by atoms with Crippen LogP contribution in [0.25, 0.3) is 10.3 Å². The van der Waals surface area contributed by atoms with Gasteiger partial charge in [-0.15, -0.1) is 0 Å². The van der Waals surface area contributed by atoms with Crippen molar-refractivity contribution in [1.82, 2.24) is 14.1 Å². The molecule has 1 saturated heterocycles. The third-order valence-corrected chi connectivity index (χ3v) is 6.32. The molecule has 0 unspecified atom stereocenters. The lowest BCUT2D eigenvalue weighted by Crippen LogP contribution is -2.41. The molecular weight excluding hydrogens is 414 g/mol. The van der Waals surface area contributed by atoms with E-state index >= 15 is 0 Å². The fourth-order valence-corrected chi connectivity index (χ4v) is 4.68. The van der Waals surface area contributed by atoms with Gasteiger partial charge in [-0.1, -0.05) is 35.1 Å². The van der Waals surface area contributed by atoms with Gasteiger partial charge < -0.3 is 10.2 Å². The molecule has 152 valence electrons. The van der Waals surface area contributed by atoms with Crippen LogP contribution < -0.4 is 21.5 Å². The molecule has 2 aromatic heterocycles. The number of carbonyl (C=O) groups is 1. The van der Waals surface area contributed by atoms with Gasteiger partial charge >= 0.3 is 5.69 Å². The van der Waals surface area contributed by atoms with Crippen LogP contribution in [-0.4, -0.2) is 33.1 Å². The molecule has 29 heavy (non-hydrogen) atoms. The van der Waals surface area contributed by atoms with Crippen molar-refractivity contribution in [2.24, 2.45) is 0 Å². The Bertz CT molecular complexity index is 1190. The van der Waals surface area contributed by atoms with E-state index in [9.17, 15) is 14.4 Å². The van der Waals surface area contributed by atoms with E-state index in [0.29, 0.717) is 20.5 Å². The van der Waals surface area contributed by atoms with Gasteiger partial charge in [0.25, 0.3) is 5.56 Å². The van der Waals surface area contributed by atoms with E-state index in [-0.39, 0.29) is 24.3 Å². The Balaban J connectivity index is 1.75. The molecule has 1 aromatic carbocycles. The number of aromatic nitrogens is 3. The summed E-state index contributed by atoms with van der Waals surface area (Å²) < 4.78 is 2.79. The van der Waals surface area contributed by atoms with E-state index in [4.69, 9.17) is 11.6 Å². The first-order valence-electron chi connectivity index (χ1n) is 9.43. The van der Waals surface area contributed by atoms with Crippen LogP contribution in [0.1, 0.15) is 19.8 Å². The van der Waals surface area contributed by atoms with Crippen LogP contribution in [0.3, 0.4) is 0 Å². The molecule has 0 aliphatic carbocycles. The van der Waals surface area contributed by atoms with Crippen LogP contribution in [-0.2, 0) is 17.9 Å². The first kappa shape index (κ1) is 19.7. The van der Waals surface area contributed by atoms with Crippen LogP contribution in [0.2, 0.25) is 5.02 Å². The standard InChI is InChI=1S/C19H20ClN5O3S/c1-2-24-17(27)15-16(22-18(29-15)23-9-5-6-10-23)25(19(24)28)11-14(26)21-13-8-4-3-7-12(13)20/h3-4,7-8H,2,5-6,9-11H2,1H3,(H,21,26). The van der Waals surface area contributed by atoms with Crippen LogP contribution in [0.4, 0.5) is 10.8 Å². The Hall–Kier alpha value is -2.65. The summed E-state index contributed by atoms with van der Waals surface area (Å²) in [6, 6.07) is 6.87. The molecular formula is C19H20ClN5O3S. The summed E-state index contributed by atoms with van der Waals surface area (Å²) in [5.41, 5.74) is -0.190. The molecule has 1 amide bonds. The zero-order valence-electron chi connectivity index (χ0n) is 15.9. The van der Waals surface area contributed by atoms with Crippen molar-refractivity contribution in [3.05, 3.63) is 50.1 Å². The fraction of sp³-hybridized carbons (Fsp3) is 0.368. The molecule has 1 fully saturated rings. The van der Waals surface area contributed by atoms with Gasteiger partial charge in [-0.3, -0.25) is 18.7 Å². The van der Waals surface area contributed by atoms with Gasteiger partial charge in [-0.25, -0.2) is 9.78 Å². The van der Waals surface area contributed by atoms with Gasteiger partial charge in [0.15, 0.2) is 10.8 Å². The third-order valence-electron chi connectivity index (χ3n) is 4.90. The van der Waals surface area contributed by atoms with Crippen molar-refractivity contribution in [2.75, 3.05) is 23.3 Å². The molecule has 1 aliphatic heterocycles. The number of amides is 1. The number of carbonyl (C=O) groups excluding carboxylic acids is 1. The molecule has 0 atom stereocenters. The molecule has 1 aliphatic rings. The highest BCUT2D eigenvalue weighted by Crippen LogP contribution is 2.28. The van der Waals surface area contributed by atoms with Gasteiger partial charge in [-0.2, -0.15) is 0 Å². The Labute approximate surface area is 175 Å². The molecule has 8 nitrogen and oxygen atoms in total. The zero-order chi connectivity index (χ0) is 20.5. The number of rotatable bonds is 5. The summed E-state index contributed by atoms with van der Waals surface area (Å²) in [5, 5.41) is 3.83. The van der Waals surface area contributed by atoms with Gasteiger partial charge in [0.1, 0.15) is 11.2 Å². The number of anilines is 2. The first-order valence-corrected chi connectivity index (χ1v) is 10.6. The minimum Gasteiger partial charge on any atom is -0.348 e. The zero-order valence-corrected chi connectivity index (χ0v) is 17.4. The van der Waals surface area contributed by atoms with Gasteiger partial charge in [-0.05, 0) is 31.9 Å². The number of fused-ring (bicyclic) bond motifs is 1. The highest BCUT2D eigenvalue weighted by molar-refractivity contribution is 7.22. The number of para-hydroxylation sites is 1. The predicted molar refractivity (Wildman–Crippen MR) is 115 cm³/mol. The van der Waals surface area contributed by atoms with Crippen molar-refractivity contribution in [1.29, 1.82) is 0 Å². The normalized spacial score (nSPS) is 13.9. The predicted octanol–water partition coefficient (Wildman–Crippen LogP) is 2.53. The summed E-state index contributed by atoms with van der Waals surface area (Å²) in [5.74, 6) is -0.418. The first-order chi connectivity index (χ1) is 14.0. The minimum atomic E-state index is -0.544. The number of hydrogen-bond acceptors (Lipinski definition) is 6. The molecule has 10 heteroatoms. The number of thiazole rings is 1. The lowest BCUT2D eigenvalue weighted by molar-refractivity contribution is -0.116. The number of halogens is 1. The molecule has 4 rings (SSSR count). The van der Waals surface area contributed by atoms with E-state index < -0.39 is 11.6 Å². The number of nitrogens with zero attached hydrogens (tertiary/aromatic N) is 4. The maximum atomic E-state index is 12.9. The van der Waals surface area contributed by atoms with Crippen molar-refractivity contribution < 1.29 is 4.79 Å². The second-order valence-electron chi connectivity index (χ2n) is 6.79. The van der Waals surface area contributed by atoms with Crippen molar-refractivity contribution in [2.45, 2.75) is 32.9 Å². The third kappa shape index (κ3) is 3.67. The Kier molecular flexibility index (Phi) is 5.42. The maximum Gasteiger partial charge on any atom is 0.333 e. The average molecular weight is 434 g/mol. The van der Waals surface area contributed by atoms with E-state index in [1.54, 1.807) is 31.2 Å². The van der Waals surface area contributed by atoms with Crippen molar-refractivity contribution >= 4 is 50.0 Å². The van der Waals surface area contributed by atoms with Gasteiger partial charge in [0.2, 0.25) is 5.91 Å². The van der Waals surface area contributed by atoms with Gasteiger partial charge in [0.05, 0.1) is 10.7 Å². The SMILES string of the molecule is CCn1c(=O)c2sc(N3CCCC3)nc2n(CC(=O)Nc2ccccc2Cl)c1=O. The Morgan fingerprint density at radius 1 is 1.21 bits per heavy atom. The monoisotopic (exact) mass is 433 g/mol. The number of benzene rings is 1. The van der Waals surface area contributed by atoms with Crippen molar-refractivity contribution in [3.8, 4) is 0 Å². The molecule has 1 N–H and O–H groups in total. The van der Waals surface area contributed by atoms with E-state index in [1.165, 1.54) is 15.9 Å². The number of nitrogens with one attached hydrogen (secondary N) is 1. The van der Waals surface area contributed by atoms with Crippen LogP contribution in [0.5, 0.6) is 0 Å². The second kappa shape index (κ2) is 8.00. The molecule has 3 aromatic rings. The topological polar surface area (TPSA) is 89.2 Å². The van der Waals surface area contributed by atoms with E-state index in [2.05, 4.69) is 15.2 Å². The summed E-state index contributed by atoms with van der Waals surface area (Å²) in [4.78, 5) is 45.0. The quantitative estimate of drug-likeness (QED) is 0.667. The summed E-state index contributed by atoms with van der Waals surface area (Å²) in [7, 11) is 0. The number of hydrogen-bond donors (Lipinski definition) is 1. The molecule has 0 radical (unpaired) electrons. The molecule has 0 spiro atoms. The van der Waals surface area contributed by atoms with E-state index in [0.717, 1.165) is 30.5 Å². The highest BCUT2D eigenvalue weighted by atomic mass is 35.5. The highest BCUT2D eigenvalue weighted by Gasteiger charge is 2.22. The van der Waals surface area contributed by atoms with Crippen LogP contribution >= 0.6 is 22.9 Å². The van der Waals surface area contributed by atoms with Crippen molar-refractivity contribution in [3.63, 3.8) is 0 Å². The lowest BCUT2D eigenvalue weighted by atomic mass is 10.3. The van der Waals surface area contributed by atoms with Crippen LogP contribution in [0.15, 0.2) is 33.9 Å². The minimum absolute atomic E-state index is 0.219. The lowest BCUT2D eigenvalue weighted by Gasteiger charge is -2.12. The second-order valence-corrected chi connectivity index (χ2v) is 8.17. The smallest absolute Gasteiger partial charge is 0.333 e. The molecule has 0 bridgehead atoms. The average Bonchev–Trinajstić information content (AvgIpc) is 3.37. The Morgan fingerprint density at radius 2 is 1.93 bits per heavy atom.